The van der Waals surface area contributed by atoms with Crippen LogP contribution in [0.1, 0.15) is 23.0 Å². The van der Waals surface area contributed by atoms with Crippen LogP contribution in [0.5, 0.6) is 0 Å². The zero-order chi connectivity index (χ0) is 16.6. The highest BCUT2D eigenvalue weighted by Gasteiger charge is 2.32. The van der Waals surface area contributed by atoms with Gasteiger partial charge in [-0.1, -0.05) is 25.1 Å². The Balaban J connectivity index is 1.37. The maximum Gasteiger partial charge on any atom is 0.264 e. The molecule has 0 saturated carbocycles. The Labute approximate surface area is 147 Å². The summed E-state index contributed by atoms with van der Waals surface area (Å²) in [5.74, 6) is 0.199. The monoisotopic (exact) mass is 343 g/mol. The Kier molecular flexibility index (Phi) is 4.33. The first-order chi connectivity index (χ1) is 11.6. The fourth-order valence-electron chi connectivity index (χ4n) is 3.90. The van der Waals surface area contributed by atoms with Crippen LogP contribution in [0.15, 0.2) is 30.3 Å². The highest BCUT2D eigenvalue weighted by atomic mass is 32.1. The lowest BCUT2D eigenvalue weighted by Crippen LogP contribution is -2.51. The summed E-state index contributed by atoms with van der Waals surface area (Å²) >= 11 is 1.61. The zero-order valence-electron chi connectivity index (χ0n) is 14.3. The van der Waals surface area contributed by atoms with Crippen molar-refractivity contribution in [2.75, 3.05) is 45.8 Å². The molecule has 2 aliphatic rings. The normalized spacial score (nSPS) is 25.5. The van der Waals surface area contributed by atoms with Crippen molar-refractivity contribution in [1.82, 2.24) is 15.1 Å². The van der Waals surface area contributed by atoms with Crippen LogP contribution >= 0.6 is 11.3 Å². The van der Waals surface area contributed by atoms with E-state index in [9.17, 15) is 4.79 Å². The lowest BCUT2D eigenvalue weighted by atomic mass is 9.89. The van der Waals surface area contributed by atoms with E-state index in [1.807, 2.05) is 23.1 Å². The van der Waals surface area contributed by atoms with Crippen molar-refractivity contribution in [1.29, 1.82) is 0 Å². The van der Waals surface area contributed by atoms with Crippen molar-refractivity contribution in [2.45, 2.75) is 13.3 Å². The number of hydrogen-bond acceptors (Lipinski definition) is 4. The Morgan fingerprint density at radius 1 is 1.25 bits per heavy atom. The summed E-state index contributed by atoms with van der Waals surface area (Å²) in [6, 6.07) is 10.3. The molecule has 1 aromatic heterocycles. The van der Waals surface area contributed by atoms with Gasteiger partial charge in [0.25, 0.3) is 5.91 Å². The summed E-state index contributed by atoms with van der Waals surface area (Å²) in [4.78, 5) is 18.2. The van der Waals surface area contributed by atoms with Crippen LogP contribution in [0.25, 0.3) is 10.1 Å². The number of carbonyl (C=O) groups is 1. The molecule has 1 atom stereocenters. The SMILES string of the molecule is CC1(CN2CCN(C(=O)c3cc4ccccc4s3)CC2)CCNC1. The maximum atomic E-state index is 12.8. The molecule has 24 heavy (non-hydrogen) atoms. The molecule has 5 heteroatoms. The molecule has 4 rings (SSSR count). The average molecular weight is 343 g/mol. The van der Waals surface area contributed by atoms with Gasteiger partial charge in [0.1, 0.15) is 0 Å². The lowest BCUT2D eigenvalue weighted by Gasteiger charge is -2.38. The number of thiophene rings is 1. The Hall–Kier alpha value is -1.43. The van der Waals surface area contributed by atoms with Gasteiger partial charge in [-0.25, -0.2) is 0 Å². The van der Waals surface area contributed by atoms with Gasteiger partial charge in [-0.2, -0.15) is 0 Å². The van der Waals surface area contributed by atoms with Crippen molar-refractivity contribution in [3.05, 3.63) is 35.2 Å². The molecule has 0 spiro atoms. The number of carbonyl (C=O) groups excluding carboxylic acids is 1. The van der Waals surface area contributed by atoms with E-state index < -0.39 is 0 Å². The molecule has 1 amide bonds. The molecule has 128 valence electrons. The van der Waals surface area contributed by atoms with Crippen LogP contribution in [0.4, 0.5) is 0 Å². The predicted molar refractivity (Wildman–Crippen MR) is 99.8 cm³/mol. The highest BCUT2D eigenvalue weighted by molar-refractivity contribution is 7.20. The average Bonchev–Trinajstić information content (AvgIpc) is 3.21. The second kappa shape index (κ2) is 6.47. The predicted octanol–water partition coefficient (Wildman–Crippen LogP) is 2.66. The van der Waals surface area contributed by atoms with E-state index in [2.05, 4.69) is 29.3 Å². The number of amides is 1. The molecule has 2 aromatic rings. The molecular formula is C19H25N3OS. The molecule has 2 saturated heterocycles. The molecule has 1 unspecified atom stereocenters. The summed E-state index contributed by atoms with van der Waals surface area (Å²) in [6.45, 7) is 9.45. The first-order valence-corrected chi connectivity index (χ1v) is 9.66. The molecular weight excluding hydrogens is 318 g/mol. The van der Waals surface area contributed by atoms with Gasteiger partial charge in [0, 0.05) is 44.0 Å². The summed E-state index contributed by atoms with van der Waals surface area (Å²) in [5.41, 5.74) is 0.400. The number of rotatable bonds is 3. The second-order valence-corrected chi connectivity index (χ2v) is 8.54. The van der Waals surface area contributed by atoms with Crippen LogP contribution in [0.3, 0.4) is 0 Å². The Morgan fingerprint density at radius 2 is 2.04 bits per heavy atom. The minimum absolute atomic E-state index is 0.199. The second-order valence-electron chi connectivity index (χ2n) is 7.45. The first-order valence-electron chi connectivity index (χ1n) is 8.84. The number of piperazine rings is 1. The first kappa shape index (κ1) is 16.1. The minimum atomic E-state index is 0.199. The number of hydrogen-bond donors (Lipinski definition) is 1. The lowest BCUT2D eigenvalue weighted by molar-refractivity contribution is 0.0586. The summed E-state index contributed by atoms with van der Waals surface area (Å²) < 4.78 is 1.20. The smallest absolute Gasteiger partial charge is 0.264 e. The fraction of sp³-hybridized carbons (Fsp3) is 0.526. The molecule has 2 aliphatic heterocycles. The van der Waals surface area contributed by atoms with Gasteiger partial charge in [-0.3, -0.25) is 9.69 Å². The molecule has 0 radical (unpaired) electrons. The number of nitrogens with zero attached hydrogens (tertiary/aromatic N) is 2. The molecule has 4 nitrogen and oxygen atoms in total. The van der Waals surface area contributed by atoms with Crippen molar-refractivity contribution in [3.63, 3.8) is 0 Å². The molecule has 1 N–H and O–H groups in total. The largest absolute Gasteiger partial charge is 0.335 e. The van der Waals surface area contributed by atoms with Crippen molar-refractivity contribution in [2.24, 2.45) is 5.41 Å². The van der Waals surface area contributed by atoms with Gasteiger partial charge in [0.15, 0.2) is 0 Å². The van der Waals surface area contributed by atoms with Gasteiger partial charge in [0.05, 0.1) is 4.88 Å². The third kappa shape index (κ3) is 3.21. The molecule has 2 fully saturated rings. The van der Waals surface area contributed by atoms with Gasteiger partial charge in [-0.05, 0) is 35.9 Å². The maximum absolute atomic E-state index is 12.8. The highest BCUT2D eigenvalue weighted by Crippen LogP contribution is 2.28. The van der Waals surface area contributed by atoms with Gasteiger partial charge in [-0.15, -0.1) is 11.3 Å². The number of benzene rings is 1. The van der Waals surface area contributed by atoms with E-state index in [0.717, 1.165) is 50.7 Å². The van der Waals surface area contributed by atoms with Crippen LogP contribution in [0.2, 0.25) is 0 Å². The van der Waals surface area contributed by atoms with Crippen LogP contribution in [-0.4, -0.2) is 61.5 Å². The molecule has 0 bridgehead atoms. The van der Waals surface area contributed by atoms with Crippen molar-refractivity contribution in [3.8, 4) is 0 Å². The van der Waals surface area contributed by atoms with E-state index in [4.69, 9.17) is 0 Å². The van der Waals surface area contributed by atoms with Gasteiger partial charge in [0.2, 0.25) is 0 Å². The molecule has 3 heterocycles. The van der Waals surface area contributed by atoms with E-state index in [0.29, 0.717) is 5.41 Å². The van der Waals surface area contributed by atoms with E-state index in [1.165, 1.54) is 16.5 Å². The Bertz CT molecular complexity index is 694. The summed E-state index contributed by atoms with van der Waals surface area (Å²) in [7, 11) is 0. The molecule has 0 aliphatic carbocycles. The number of fused-ring (bicyclic) bond motifs is 1. The van der Waals surface area contributed by atoms with Crippen LogP contribution in [-0.2, 0) is 0 Å². The van der Waals surface area contributed by atoms with E-state index in [-0.39, 0.29) is 5.91 Å². The fourth-order valence-corrected chi connectivity index (χ4v) is 4.93. The van der Waals surface area contributed by atoms with E-state index in [1.54, 1.807) is 11.3 Å². The third-order valence-electron chi connectivity index (χ3n) is 5.36. The molecule has 1 aromatic carbocycles. The van der Waals surface area contributed by atoms with E-state index >= 15 is 0 Å². The van der Waals surface area contributed by atoms with Crippen molar-refractivity contribution >= 4 is 27.3 Å². The summed E-state index contributed by atoms with van der Waals surface area (Å²) in [5, 5.41) is 4.65. The van der Waals surface area contributed by atoms with Crippen LogP contribution < -0.4 is 5.32 Å². The zero-order valence-corrected chi connectivity index (χ0v) is 15.1. The van der Waals surface area contributed by atoms with Crippen LogP contribution in [0, 0.1) is 5.41 Å². The summed E-state index contributed by atoms with van der Waals surface area (Å²) in [6.07, 6.45) is 1.26. The third-order valence-corrected chi connectivity index (χ3v) is 6.46. The number of nitrogens with one attached hydrogen (secondary N) is 1. The van der Waals surface area contributed by atoms with Crippen molar-refractivity contribution < 1.29 is 4.79 Å². The van der Waals surface area contributed by atoms with Gasteiger partial charge < -0.3 is 10.2 Å². The Morgan fingerprint density at radius 3 is 2.75 bits per heavy atom. The standard InChI is InChI=1S/C19H25N3OS/c1-19(6-7-20-13-19)14-21-8-10-22(11-9-21)18(23)17-12-15-4-2-3-5-16(15)24-17/h2-5,12,20H,6-11,13-14H2,1H3. The quantitative estimate of drug-likeness (QED) is 0.931. The minimum Gasteiger partial charge on any atom is -0.335 e. The van der Waals surface area contributed by atoms with Gasteiger partial charge >= 0.3 is 0 Å². The topological polar surface area (TPSA) is 35.6 Å².